The molecule has 0 aromatic heterocycles. The van der Waals surface area contributed by atoms with Crippen LogP contribution in [0.15, 0.2) is 36.4 Å². The molecule has 25 heavy (non-hydrogen) atoms. The highest BCUT2D eigenvalue weighted by atomic mass is 16.6. The van der Waals surface area contributed by atoms with Crippen molar-refractivity contribution in [3.8, 4) is 22.6 Å². The van der Waals surface area contributed by atoms with Crippen molar-refractivity contribution in [2.75, 3.05) is 14.2 Å². The van der Waals surface area contributed by atoms with E-state index in [1.807, 2.05) is 30.3 Å². The van der Waals surface area contributed by atoms with Gasteiger partial charge in [-0.1, -0.05) is 44.2 Å². The van der Waals surface area contributed by atoms with E-state index in [0.717, 1.165) is 28.7 Å². The standard InChI is InChI=1S/C20H23NO4/c1-20(2)11-13-10-12(8-9-15(13)18(20)25-19(21)22)14-6-5-7-16(23-3)17(14)24-4/h5-10,18H,11H2,1-4H3,(H2,21,22). The monoisotopic (exact) mass is 341 g/mol. The maximum atomic E-state index is 11.3. The molecule has 0 radical (unpaired) electrons. The first-order valence-corrected chi connectivity index (χ1v) is 8.17. The number of fused-ring (bicyclic) bond motifs is 1. The number of amides is 1. The summed E-state index contributed by atoms with van der Waals surface area (Å²) in [5.74, 6) is 1.39. The molecule has 1 unspecified atom stereocenters. The summed E-state index contributed by atoms with van der Waals surface area (Å²) < 4.78 is 16.3. The molecule has 2 aromatic carbocycles. The summed E-state index contributed by atoms with van der Waals surface area (Å²) in [5.41, 5.74) is 9.20. The molecule has 1 aliphatic carbocycles. The van der Waals surface area contributed by atoms with Crippen LogP contribution in [-0.2, 0) is 11.2 Å². The molecule has 0 aliphatic heterocycles. The number of rotatable bonds is 4. The van der Waals surface area contributed by atoms with Crippen LogP contribution in [0.1, 0.15) is 31.1 Å². The Morgan fingerprint density at radius 2 is 1.92 bits per heavy atom. The van der Waals surface area contributed by atoms with Gasteiger partial charge in [-0.25, -0.2) is 4.79 Å². The van der Waals surface area contributed by atoms with Gasteiger partial charge in [0.1, 0.15) is 6.10 Å². The molecule has 0 saturated heterocycles. The van der Waals surface area contributed by atoms with Crippen LogP contribution < -0.4 is 15.2 Å². The van der Waals surface area contributed by atoms with E-state index in [9.17, 15) is 4.79 Å². The number of nitrogens with two attached hydrogens (primary N) is 1. The summed E-state index contributed by atoms with van der Waals surface area (Å²) in [6.45, 7) is 4.15. The zero-order chi connectivity index (χ0) is 18.2. The van der Waals surface area contributed by atoms with Crippen molar-refractivity contribution >= 4 is 6.09 Å². The first-order chi connectivity index (χ1) is 11.9. The van der Waals surface area contributed by atoms with E-state index in [0.29, 0.717) is 11.5 Å². The maximum absolute atomic E-state index is 11.3. The van der Waals surface area contributed by atoms with Gasteiger partial charge >= 0.3 is 6.09 Å². The predicted octanol–water partition coefficient (Wildman–Crippen LogP) is 4.09. The van der Waals surface area contributed by atoms with E-state index in [-0.39, 0.29) is 11.5 Å². The summed E-state index contributed by atoms with van der Waals surface area (Å²) >= 11 is 0. The molecular weight excluding hydrogens is 318 g/mol. The van der Waals surface area contributed by atoms with Gasteiger partial charge in [0.25, 0.3) is 0 Å². The molecule has 0 bridgehead atoms. The molecule has 2 N–H and O–H groups in total. The third kappa shape index (κ3) is 3.02. The molecule has 3 rings (SSSR count). The van der Waals surface area contributed by atoms with Crippen LogP contribution >= 0.6 is 0 Å². The molecule has 0 spiro atoms. The average molecular weight is 341 g/mol. The predicted molar refractivity (Wildman–Crippen MR) is 95.9 cm³/mol. The van der Waals surface area contributed by atoms with Crippen LogP contribution in [-0.4, -0.2) is 20.3 Å². The molecule has 2 aromatic rings. The van der Waals surface area contributed by atoms with Gasteiger partial charge in [0.2, 0.25) is 0 Å². The van der Waals surface area contributed by atoms with Crippen LogP contribution in [0, 0.1) is 5.41 Å². The zero-order valence-electron chi connectivity index (χ0n) is 15.0. The third-order valence-electron chi connectivity index (χ3n) is 4.73. The molecule has 1 aliphatic rings. The van der Waals surface area contributed by atoms with E-state index in [4.69, 9.17) is 19.9 Å². The van der Waals surface area contributed by atoms with Gasteiger partial charge in [0, 0.05) is 11.0 Å². The lowest BCUT2D eigenvalue weighted by atomic mass is 9.87. The van der Waals surface area contributed by atoms with Gasteiger partial charge in [0.05, 0.1) is 14.2 Å². The summed E-state index contributed by atoms with van der Waals surface area (Å²) in [5, 5.41) is 0. The van der Waals surface area contributed by atoms with Gasteiger partial charge < -0.3 is 19.9 Å². The average Bonchev–Trinajstić information content (AvgIpc) is 2.82. The minimum absolute atomic E-state index is 0.200. The molecular formula is C20H23NO4. The molecule has 1 atom stereocenters. The van der Waals surface area contributed by atoms with E-state index >= 15 is 0 Å². The Labute approximate surface area is 147 Å². The van der Waals surface area contributed by atoms with Crippen LogP contribution in [0.25, 0.3) is 11.1 Å². The smallest absolute Gasteiger partial charge is 0.405 e. The minimum atomic E-state index is -0.746. The fourth-order valence-corrected chi connectivity index (χ4v) is 3.64. The van der Waals surface area contributed by atoms with E-state index in [1.165, 1.54) is 0 Å². The molecule has 0 saturated carbocycles. The minimum Gasteiger partial charge on any atom is -0.493 e. The Balaban J connectivity index is 2.06. The molecule has 1 amide bonds. The van der Waals surface area contributed by atoms with Gasteiger partial charge in [-0.05, 0) is 29.2 Å². The van der Waals surface area contributed by atoms with Crippen LogP contribution in [0.3, 0.4) is 0 Å². The highest BCUT2D eigenvalue weighted by molar-refractivity contribution is 5.75. The summed E-state index contributed by atoms with van der Waals surface area (Å²) in [6, 6.07) is 11.9. The van der Waals surface area contributed by atoms with Gasteiger partial charge in [-0.2, -0.15) is 0 Å². The molecule has 5 heteroatoms. The van der Waals surface area contributed by atoms with E-state index in [1.54, 1.807) is 14.2 Å². The first kappa shape index (κ1) is 17.1. The van der Waals surface area contributed by atoms with Crippen molar-refractivity contribution in [1.82, 2.24) is 0 Å². The normalized spacial score (nSPS) is 17.7. The lowest BCUT2D eigenvalue weighted by Crippen LogP contribution is -2.25. The number of hydrogen-bond acceptors (Lipinski definition) is 4. The Morgan fingerprint density at radius 1 is 1.16 bits per heavy atom. The number of ether oxygens (including phenoxy) is 3. The van der Waals surface area contributed by atoms with Crippen molar-refractivity contribution in [2.45, 2.75) is 26.4 Å². The molecule has 0 heterocycles. The van der Waals surface area contributed by atoms with Crippen molar-refractivity contribution in [1.29, 1.82) is 0 Å². The van der Waals surface area contributed by atoms with Crippen LogP contribution in [0.4, 0.5) is 4.79 Å². The van der Waals surface area contributed by atoms with E-state index in [2.05, 4.69) is 19.9 Å². The summed E-state index contributed by atoms with van der Waals surface area (Å²) in [6.07, 6.45) is -0.272. The second-order valence-electron chi connectivity index (χ2n) is 6.94. The molecule has 0 fully saturated rings. The fourth-order valence-electron chi connectivity index (χ4n) is 3.64. The maximum Gasteiger partial charge on any atom is 0.405 e. The van der Waals surface area contributed by atoms with Crippen molar-refractivity contribution < 1.29 is 19.0 Å². The van der Waals surface area contributed by atoms with Gasteiger partial charge in [0.15, 0.2) is 11.5 Å². The fraction of sp³-hybridized carbons (Fsp3) is 0.350. The van der Waals surface area contributed by atoms with Crippen molar-refractivity contribution in [2.24, 2.45) is 11.1 Å². The van der Waals surface area contributed by atoms with Crippen LogP contribution in [0.2, 0.25) is 0 Å². The SMILES string of the molecule is COc1cccc(-c2ccc3c(c2)CC(C)(C)C3OC(N)=O)c1OC. The topological polar surface area (TPSA) is 70.8 Å². The lowest BCUT2D eigenvalue weighted by Gasteiger charge is -2.26. The number of hydrogen-bond donors (Lipinski definition) is 1. The quantitative estimate of drug-likeness (QED) is 0.909. The number of primary amides is 1. The summed E-state index contributed by atoms with van der Waals surface area (Å²) in [7, 11) is 3.26. The Bertz CT molecular complexity index is 813. The van der Waals surface area contributed by atoms with Gasteiger partial charge in [-0.3, -0.25) is 0 Å². The van der Waals surface area contributed by atoms with Crippen molar-refractivity contribution in [3.05, 3.63) is 47.5 Å². The Morgan fingerprint density at radius 3 is 2.56 bits per heavy atom. The van der Waals surface area contributed by atoms with E-state index < -0.39 is 6.09 Å². The Kier molecular flexibility index (Phi) is 4.33. The highest BCUT2D eigenvalue weighted by Crippen LogP contribution is 2.49. The first-order valence-electron chi connectivity index (χ1n) is 8.17. The highest BCUT2D eigenvalue weighted by Gasteiger charge is 2.41. The van der Waals surface area contributed by atoms with Gasteiger partial charge in [-0.15, -0.1) is 0 Å². The lowest BCUT2D eigenvalue weighted by molar-refractivity contribution is 0.0392. The molecule has 132 valence electrons. The number of para-hydroxylation sites is 1. The third-order valence-corrected chi connectivity index (χ3v) is 4.73. The second kappa shape index (κ2) is 6.31. The van der Waals surface area contributed by atoms with Crippen molar-refractivity contribution in [3.63, 3.8) is 0 Å². The summed E-state index contributed by atoms with van der Waals surface area (Å²) in [4.78, 5) is 11.3. The number of benzene rings is 2. The number of carbonyl (C=O) groups excluding carboxylic acids is 1. The molecule has 5 nitrogen and oxygen atoms in total. The zero-order valence-corrected chi connectivity index (χ0v) is 15.0. The Hall–Kier alpha value is -2.69. The largest absolute Gasteiger partial charge is 0.493 e. The number of methoxy groups -OCH3 is 2. The second-order valence-corrected chi connectivity index (χ2v) is 6.94. The number of carbonyl (C=O) groups is 1. The van der Waals surface area contributed by atoms with Crippen LogP contribution in [0.5, 0.6) is 11.5 Å².